The van der Waals surface area contributed by atoms with Gasteiger partial charge in [-0.1, -0.05) is 36.4 Å². The summed E-state index contributed by atoms with van der Waals surface area (Å²) in [4.78, 5) is 0. The van der Waals surface area contributed by atoms with Crippen LogP contribution in [0.3, 0.4) is 0 Å². The first-order valence-corrected chi connectivity index (χ1v) is 5.33. The summed E-state index contributed by atoms with van der Waals surface area (Å²) in [6.07, 6.45) is 6.40. The third kappa shape index (κ3) is 3.37. The minimum absolute atomic E-state index is 1.03. The second-order valence-corrected chi connectivity index (χ2v) is 3.91. The topological polar surface area (TPSA) is 0 Å². The Labute approximate surface area is 87.7 Å². The normalized spacial score (nSPS) is 10.1. The Kier molecular flexibility index (Phi) is 4.45. The van der Waals surface area contributed by atoms with E-state index in [0.29, 0.717) is 0 Å². The third-order valence-electron chi connectivity index (χ3n) is 2.57. The van der Waals surface area contributed by atoms with Gasteiger partial charge in [-0.3, -0.25) is 0 Å². The zero-order valence-corrected chi connectivity index (χ0v) is 9.22. The minimum Gasteiger partial charge on any atom is -0.0845 e. The lowest BCUT2D eigenvalue weighted by Gasteiger charge is -2.05. The molecule has 0 unspecified atom stereocenters. The van der Waals surface area contributed by atoms with Gasteiger partial charge in [0.1, 0.15) is 0 Å². The monoisotopic (exact) mass is 187 g/mol. The van der Waals surface area contributed by atoms with Crippen LogP contribution in [0.1, 0.15) is 36.0 Å². The molecule has 0 aromatic heterocycles. The standard InChI is InChI=1S/C14H19/c1-4-5-6-7-8-14-10-9-12(2)11-13(14)3/h1,4,9-11H,5-8H2,2-3H3. The van der Waals surface area contributed by atoms with Gasteiger partial charge < -0.3 is 0 Å². The molecule has 0 spiro atoms. The molecule has 0 amide bonds. The number of allylic oxidation sites excluding steroid dienone is 1. The van der Waals surface area contributed by atoms with Gasteiger partial charge in [-0.2, -0.15) is 0 Å². The van der Waals surface area contributed by atoms with E-state index in [4.69, 9.17) is 6.58 Å². The molecule has 1 radical (unpaired) electrons. The predicted octanol–water partition coefficient (Wildman–Crippen LogP) is 4.01. The third-order valence-corrected chi connectivity index (χ3v) is 2.57. The maximum Gasteiger partial charge on any atom is -0.0276 e. The van der Waals surface area contributed by atoms with E-state index in [-0.39, 0.29) is 0 Å². The number of benzene rings is 1. The van der Waals surface area contributed by atoms with Crippen LogP contribution < -0.4 is 0 Å². The molecule has 0 bridgehead atoms. The lowest BCUT2D eigenvalue weighted by atomic mass is 10.0. The van der Waals surface area contributed by atoms with Crippen molar-refractivity contribution < 1.29 is 0 Å². The van der Waals surface area contributed by atoms with Gasteiger partial charge in [0, 0.05) is 0 Å². The lowest BCUT2D eigenvalue weighted by Crippen LogP contribution is -1.90. The van der Waals surface area contributed by atoms with Crippen molar-refractivity contribution in [2.24, 2.45) is 0 Å². The molecule has 75 valence electrons. The Hall–Kier alpha value is -1.04. The lowest BCUT2D eigenvalue weighted by molar-refractivity contribution is 0.745. The van der Waals surface area contributed by atoms with E-state index in [9.17, 15) is 0 Å². The second kappa shape index (κ2) is 5.64. The average Bonchev–Trinajstić information content (AvgIpc) is 2.15. The van der Waals surface area contributed by atoms with Crippen molar-refractivity contribution in [2.45, 2.75) is 39.5 Å². The molecule has 0 nitrogen and oxygen atoms in total. The first-order chi connectivity index (χ1) is 6.74. The number of unbranched alkanes of at least 4 members (excludes halogenated alkanes) is 2. The first kappa shape index (κ1) is 11.0. The van der Waals surface area contributed by atoms with Crippen LogP contribution in [0.15, 0.2) is 24.3 Å². The molecule has 0 aliphatic carbocycles. The molecule has 0 heterocycles. The van der Waals surface area contributed by atoms with Gasteiger partial charge in [-0.25, -0.2) is 0 Å². The summed E-state index contributed by atoms with van der Waals surface area (Å²) in [5.74, 6) is 0. The Morgan fingerprint density at radius 2 is 2.00 bits per heavy atom. The number of aryl methyl sites for hydroxylation is 3. The Balaban J connectivity index is 2.46. The van der Waals surface area contributed by atoms with Gasteiger partial charge >= 0.3 is 0 Å². The number of hydrogen-bond donors (Lipinski definition) is 0. The van der Waals surface area contributed by atoms with E-state index in [1.165, 1.54) is 36.0 Å². The van der Waals surface area contributed by atoms with Crippen molar-refractivity contribution >= 4 is 0 Å². The smallest absolute Gasteiger partial charge is 0.0276 e. The van der Waals surface area contributed by atoms with Crippen molar-refractivity contribution in [1.82, 2.24) is 0 Å². The highest BCUT2D eigenvalue weighted by Gasteiger charge is 1.97. The van der Waals surface area contributed by atoms with Crippen molar-refractivity contribution in [3.8, 4) is 0 Å². The van der Waals surface area contributed by atoms with Crippen LogP contribution in [0.4, 0.5) is 0 Å². The highest BCUT2D eigenvalue weighted by molar-refractivity contribution is 5.30. The summed E-state index contributed by atoms with van der Waals surface area (Å²) >= 11 is 0. The predicted molar refractivity (Wildman–Crippen MR) is 62.3 cm³/mol. The van der Waals surface area contributed by atoms with E-state index in [1.807, 2.05) is 0 Å². The Bertz CT molecular complexity index is 297. The van der Waals surface area contributed by atoms with Crippen LogP contribution in [0, 0.1) is 20.4 Å². The van der Waals surface area contributed by atoms with Gasteiger partial charge in [0.25, 0.3) is 0 Å². The molecule has 0 aliphatic rings. The summed E-state index contributed by atoms with van der Waals surface area (Å²) in [5, 5.41) is 0. The van der Waals surface area contributed by atoms with Crippen LogP contribution in [0.5, 0.6) is 0 Å². The van der Waals surface area contributed by atoms with E-state index >= 15 is 0 Å². The molecule has 0 N–H and O–H groups in total. The van der Waals surface area contributed by atoms with Crippen molar-refractivity contribution in [1.29, 1.82) is 0 Å². The molecule has 0 saturated carbocycles. The summed E-state index contributed by atoms with van der Waals surface area (Å²) in [6.45, 7) is 9.66. The van der Waals surface area contributed by atoms with Crippen LogP contribution in [0.25, 0.3) is 0 Å². The van der Waals surface area contributed by atoms with Crippen LogP contribution in [-0.4, -0.2) is 0 Å². The Morgan fingerprint density at radius 3 is 2.64 bits per heavy atom. The minimum atomic E-state index is 1.03. The van der Waals surface area contributed by atoms with E-state index in [1.54, 1.807) is 6.08 Å². The van der Waals surface area contributed by atoms with E-state index < -0.39 is 0 Å². The highest BCUT2D eigenvalue weighted by Crippen LogP contribution is 2.13. The van der Waals surface area contributed by atoms with E-state index in [0.717, 1.165) is 6.42 Å². The van der Waals surface area contributed by atoms with Gasteiger partial charge in [0.05, 0.1) is 0 Å². The average molecular weight is 187 g/mol. The fraction of sp³-hybridized carbons (Fsp3) is 0.429. The molecule has 0 fully saturated rings. The largest absolute Gasteiger partial charge is 0.0845 e. The van der Waals surface area contributed by atoms with Gasteiger partial charge in [0.2, 0.25) is 0 Å². The SMILES string of the molecule is [CH]=CCCCCc1ccc(C)cc1C. The van der Waals surface area contributed by atoms with Crippen molar-refractivity contribution in [2.75, 3.05) is 0 Å². The molecule has 14 heavy (non-hydrogen) atoms. The molecular formula is C14H19. The van der Waals surface area contributed by atoms with Crippen LogP contribution in [0.2, 0.25) is 0 Å². The summed E-state index contributed by atoms with van der Waals surface area (Å²) in [6, 6.07) is 6.69. The number of hydrogen-bond acceptors (Lipinski definition) is 0. The second-order valence-electron chi connectivity index (χ2n) is 3.91. The van der Waals surface area contributed by atoms with Gasteiger partial charge in [0.15, 0.2) is 0 Å². The molecule has 1 aromatic rings. The van der Waals surface area contributed by atoms with Gasteiger partial charge in [-0.15, -0.1) is 0 Å². The van der Waals surface area contributed by atoms with Crippen molar-refractivity contribution in [3.63, 3.8) is 0 Å². The van der Waals surface area contributed by atoms with Crippen molar-refractivity contribution in [3.05, 3.63) is 47.5 Å². The zero-order chi connectivity index (χ0) is 10.4. The quantitative estimate of drug-likeness (QED) is 0.611. The summed E-state index contributed by atoms with van der Waals surface area (Å²) in [7, 11) is 0. The zero-order valence-electron chi connectivity index (χ0n) is 9.22. The molecule has 0 atom stereocenters. The summed E-state index contributed by atoms with van der Waals surface area (Å²) in [5.41, 5.74) is 4.25. The summed E-state index contributed by atoms with van der Waals surface area (Å²) < 4.78 is 0. The highest BCUT2D eigenvalue weighted by atomic mass is 14.0. The molecular weight excluding hydrogens is 168 g/mol. The molecule has 0 aliphatic heterocycles. The van der Waals surface area contributed by atoms with Gasteiger partial charge in [-0.05, 0) is 50.7 Å². The molecule has 1 aromatic carbocycles. The van der Waals surface area contributed by atoms with E-state index in [2.05, 4.69) is 32.0 Å². The number of rotatable bonds is 5. The fourth-order valence-electron chi connectivity index (χ4n) is 1.70. The van der Waals surface area contributed by atoms with Crippen LogP contribution >= 0.6 is 0 Å². The molecule has 0 heteroatoms. The Morgan fingerprint density at radius 1 is 1.21 bits per heavy atom. The molecule has 1 rings (SSSR count). The maximum atomic E-state index is 5.33. The molecule has 0 saturated heterocycles. The first-order valence-electron chi connectivity index (χ1n) is 5.33. The fourth-order valence-corrected chi connectivity index (χ4v) is 1.70. The maximum absolute atomic E-state index is 5.33. The van der Waals surface area contributed by atoms with Crippen LogP contribution in [-0.2, 0) is 6.42 Å².